The van der Waals surface area contributed by atoms with Crippen LogP contribution in [0.25, 0.3) is 0 Å². The molecule has 5 nitrogen and oxygen atoms in total. The average Bonchev–Trinajstić information content (AvgIpc) is 2.83. The van der Waals surface area contributed by atoms with Gasteiger partial charge >= 0.3 is 0 Å². The summed E-state index contributed by atoms with van der Waals surface area (Å²) in [6, 6.07) is 20.3. The van der Waals surface area contributed by atoms with E-state index in [0.29, 0.717) is 12.5 Å². The molecule has 3 aromatic rings. The molecule has 0 saturated carbocycles. The first kappa shape index (κ1) is 22.9. The normalized spacial score (nSPS) is 15.7. The fourth-order valence-electron chi connectivity index (χ4n) is 4.40. The molecule has 1 amide bonds. The summed E-state index contributed by atoms with van der Waals surface area (Å²) in [7, 11) is 0. The molecule has 1 saturated heterocycles. The standard InChI is InChI=1S/C27H30FN3O2/c1-20(32)30-27(26-7-2-3-14-29-26)23-12-15-31(16-13-23)18-22-5-4-6-25(17-22)33-19-21-8-10-24(28)11-9-21/h2-11,14,17,23,27H,12-13,15-16,18-19H2,1H3,(H,30,32)/t27-/m0/s1. The molecule has 0 bridgehead atoms. The molecule has 0 radical (unpaired) electrons. The molecule has 0 spiro atoms. The summed E-state index contributed by atoms with van der Waals surface area (Å²) in [5.74, 6) is 0.913. The monoisotopic (exact) mass is 447 g/mol. The fraction of sp³-hybridized carbons (Fsp3) is 0.333. The Morgan fingerprint density at radius 2 is 1.88 bits per heavy atom. The summed E-state index contributed by atoms with van der Waals surface area (Å²) in [4.78, 5) is 18.7. The largest absolute Gasteiger partial charge is 0.489 e. The zero-order valence-corrected chi connectivity index (χ0v) is 18.9. The number of likely N-dealkylation sites (tertiary alicyclic amines) is 1. The number of carbonyl (C=O) groups is 1. The van der Waals surface area contributed by atoms with E-state index in [-0.39, 0.29) is 17.8 Å². The highest BCUT2D eigenvalue weighted by atomic mass is 19.1. The SMILES string of the molecule is CC(=O)N[C@H](c1ccccn1)C1CCN(Cc2cccc(OCc3ccc(F)cc3)c2)CC1. The third-order valence-corrected chi connectivity index (χ3v) is 6.09. The van der Waals surface area contributed by atoms with Crippen LogP contribution in [0.15, 0.2) is 72.9 Å². The topological polar surface area (TPSA) is 54.5 Å². The highest BCUT2D eigenvalue weighted by Crippen LogP contribution is 2.30. The Bertz CT molecular complexity index is 1030. The van der Waals surface area contributed by atoms with E-state index in [0.717, 1.165) is 49.5 Å². The lowest BCUT2D eigenvalue weighted by atomic mass is 9.87. The number of ether oxygens (including phenoxy) is 1. The van der Waals surface area contributed by atoms with Gasteiger partial charge in [0, 0.05) is 19.7 Å². The minimum Gasteiger partial charge on any atom is -0.489 e. The highest BCUT2D eigenvalue weighted by Gasteiger charge is 2.29. The van der Waals surface area contributed by atoms with Gasteiger partial charge in [-0.2, -0.15) is 0 Å². The molecule has 6 heteroatoms. The molecule has 1 aromatic heterocycles. The maximum absolute atomic E-state index is 13.1. The Morgan fingerprint density at radius 1 is 1.09 bits per heavy atom. The summed E-state index contributed by atoms with van der Waals surface area (Å²) >= 11 is 0. The quantitative estimate of drug-likeness (QED) is 0.534. The van der Waals surface area contributed by atoms with Crippen molar-refractivity contribution < 1.29 is 13.9 Å². The molecule has 0 unspecified atom stereocenters. The number of amides is 1. The Balaban J connectivity index is 1.31. The maximum Gasteiger partial charge on any atom is 0.217 e. The molecule has 1 N–H and O–H groups in total. The van der Waals surface area contributed by atoms with Crippen molar-refractivity contribution in [2.24, 2.45) is 5.92 Å². The molecule has 2 aromatic carbocycles. The lowest BCUT2D eigenvalue weighted by Gasteiger charge is -2.36. The minimum absolute atomic E-state index is 0.0227. The molecular formula is C27H30FN3O2. The predicted octanol–water partition coefficient (Wildman–Crippen LogP) is 4.89. The van der Waals surface area contributed by atoms with Crippen LogP contribution in [0.1, 0.15) is 42.6 Å². The van der Waals surface area contributed by atoms with Crippen molar-refractivity contribution >= 4 is 5.91 Å². The lowest BCUT2D eigenvalue weighted by molar-refractivity contribution is -0.120. The van der Waals surface area contributed by atoms with E-state index < -0.39 is 0 Å². The van der Waals surface area contributed by atoms with Crippen molar-refractivity contribution in [3.05, 3.63) is 95.6 Å². The second kappa shape index (κ2) is 11.1. The van der Waals surface area contributed by atoms with E-state index >= 15 is 0 Å². The van der Waals surface area contributed by atoms with Gasteiger partial charge in [0.2, 0.25) is 5.91 Å². The molecule has 0 aliphatic carbocycles. The first-order valence-corrected chi connectivity index (χ1v) is 11.4. The summed E-state index contributed by atoms with van der Waals surface area (Å²) < 4.78 is 19.0. The van der Waals surface area contributed by atoms with Crippen LogP contribution in [0.2, 0.25) is 0 Å². The van der Waals surface area contributed by atoms with Gasteiger partial charge in [-0.15, -0.1) is 0 Å². The smallest absolute Gasteiger partial charge is 0.217 e. The number of pyridine rings is 1. The fourth-order valence-corrected chi connectivity index (χ4v) is 4.40. The zero-order chi connectivity index (χ0) is 23.0. The van der Waals surface area contributed by atoms with Crippen LogP contribution in [0.5, 0.6) is 5.75 Å². The van der Waals surface area contributed by atoms with Gasteiger partial charge in [-0.25, -0.2) is 4.39 Å². The van der Waals surface area contributed by atoms with Gasteiger partial charge in [0.25, 0.3) is 0 Å². The molecule has 1 atom stereocenters. The number of halogens is 1. The number of carbonyl (C=O) groups excluding carboxylic acids is 1. The molecule has 1 aliphatic rings. The summed E-state index contributed by atoms with van der Waals surface area (Å²) in [6.07, 6.45) is 3.79. The first-order chi connectivity index (χ1) is 16.1. The van der Waals surface area contributed by atoms with Gasteiger partial charge in [-0.3, -0.25) is 14.7 Å². The molecule has 33 heavy (non-hydrogen) atoms. The number of rotatable bonds is 8. The zero-order valence-electron chi connectivity index (χ0n) is 18.9. The van der Waals surface area contributed by atoms with Gasteiger partial charge in [0.05, 0.1) is 11.7 Å². The van der Waals surface area contributed by atoms with Crippen LogP contribution in [-0.2, 0) is 17.9 Å². The first-order valence-electron chi connectivity index (χ1n) is 11.4. The van der Waals surface area contributed by atoms with E-state index in [1.165, 1.54) is 17.7 Å². The van der Waals surface area contributed by atoms with Crippen molar-refractivity contribution in [1.82, 2.24) is 15.2 Å². The van der Waals surface area contributed by atoms with E-state index in [9.17, 15) is 9.18 Å². The van der Waals surface area contributed by atoms with E-state index in [1.54, 1.807) is 25.3 Å². The van der Waals surface area contributed by atoms with Crippen LogP contribution in [0.4, 0.5) is 4.39 Å². The number of hydrogen-bond acceptors (Lipinski definition) is 4. The highest BCUT2D eigenvalue weighted by molar-refractivity contribution is 5.73. The van der Waals surface area contributed by atoms with E-state index in [1.807, 2.05) is 30.3 Å². The summed E-state index contributed by atoms with van der Waals surface area (Å²) in [6.45, 7) is 4.76. The lowest BCUT2D eigenvalue weighted by Crippen LogP contribution is -2.40. The number of piperidine rings is 1. The van der Waals surface area contributed by atoms with E-state index in [4.69, 9.17) is 4.74 Å². The van der Waals surface area contributed by atoms with Crippen molar-refractivity contribution in [3.8, 4) is 5.75 Å². The average molecular weight is 448 g/mol. The number of hydrogen-bond donors (Lipinski definition) is 1. The summed E-state index contributed by atoms with van der Waals surface area (Å²) in [5, 5.41) is 3.11. The van der Waals surface area contributed by atoms with Gasteiger partial charge in [-0.05, 0) is 79.4 Å². The van der Waals surface area contributed by atoms with Gasteiger partial charge in [0.1, 0.15) is 18.2 Å². The van der Waals surface area contributed by atoms with E-state index in [2.05, 4.69) is 27.3 Å². The van der Waals surface area contributed by atoms with Crippen LogP contribution in [0, 0.1) is 11.7 Å². The number of nitrogens with zero attached hydrogens (tertiary/aromatic N) is 2. The Hall–Kier alpha value is -3.25. The number of benzene rings is 2. The van der Waals surface area contributed by atoms with Crippen molar-refractivity contribution in [3.63, 3.8) is 0 Å². The molecule has 1 aliphatic heterocycles. The molecule has 1 fully saturated rings. The third kappa shape index (κ3) is 6.62. The van der Waals surface area contributed by atoms with Crippen molar-refractivity contribution in [1.29, 1.82) is 0 Å². The van der Waals surface area contributed by atoms with Crippen molar-refractivity contribution in [2.75, 3.05) is 13.1 Å². The second-order valence-corrected chi connectivity index (χ2v) is 8.61. The Kier molecular flexibility index (Phi) is 7.68. The molecule has 4 rings (SSSR count). The van der Waals surface area contributed by atoms with Crippen LogP contribution in [-0.4, -0.2) is 28.9 Å². The maximum atomic E-state index is 13.1. The van der Waals surface area contributed by atoms with Crippen LogP contribution >= 0.6 is 0 Å². The van der Waals surface area contributed by atoms with Gasteiger partial charge < -0.3 is 10.1 Å². The Morgan fingerprint density at radius 3 is 2.58 bits per heavy atom. The van der Waals surface area contributed by atoms with Crippen molar-refractivity contribution in [2.45, 2.75) is 39.0 Å². The molecule has 2 heterocycles. The number of aromatic nitrogens is 1. The minimum atomic E-state index is -0.243. The Labute approximate surface area is 194 Å². The molecular weight excluding hydrogens is 417 g/mol. The van der Waals surface area contributed by atoms with Crippen LogP contribution in [0.3, 0.4) is 0 Å². The van der Waals surface area contributed by atoms with Gasteiger partial charge in [-0.1, -0.05) is 30.3 Å². The third-order valence-electron chi connectivity index (χ3n) is 6.09. The molecule has 172 valence electrons. The second-order valence-electron chi connectivity index (χ2n) is 8.61. The van der Waals surface area contributed by atoms with Gasteiger partial charge in [0.15, 0.2) is 0 Å². The van der Waals surface area contributed by atoms with Crippen LogP contribution < -0.4 is 10.1 Å². The number of nitrogens with one attached hydrogen (secondary N) is 1. The summed E-state index contributed by atoms with van der Waals surface area (Å²) in [5.41, 5.74) is 3.07. The predicted molar refractivity (Wildman–Crippen MR) is 126 cm³/mol.